The van der Waals surface area contributed by atoms with Gasteiger partial charge in [0.2, 0.25) is 0 Å². The lowest BCUT2D eigenvalue weighted by molar-refractivity contribution is 0.183. The third-order valence-electron chi connectivity index (χ3n) is 3.55. The number of amidine groups is 1. The molecule has 0 amide bonds. The van der Waals surface area contributed by atoms with E-state index in [0.717, 1.165) is 16.6 Å². The average Bonchev–Trinajstić information content (AvgIpc) is 2.52. The number of fused-ring (bicyclic) bond motifs is 1. The molecule has 2 rings (SSSR count). The monoisotopic (exact) mass is 288 g/mol. The number of oxime groups is 1. The van der Waals surface area contributed by atoms with Crippen LogP contribution in [-0.4, -0.2) is 42.8 Å². The summed E-state index contributed by atoms with van der Waals surface area (Å²) < 4.78 is 5.22. The van der Waals surface area contributed by atoms with E-state index in [0.29, 0.717) is 12.2 Å². The lowest BCUT2D eigenvalue weighted by Crippen LogP contribution is -2.34. The molecule has 1 aromatic heterocycles. The van der Waals surface area contributed by atoms with Crippen molar-refractivity contribution in [2.24, 2.45) is 10.9 Å². The molecule has 1 unspecified atom stereocenters. The number of hydrogen-bond donors (Lipinski definition) is 2. The van der Waals surface area contributed by atoms with E-state index in [1.807, 2.05) is 31.3 Å². The van der Waals surface area contributed by atoms with Crippen molar-refractivity contribution in [3.63, 3.8) is 0 Å². The Bertz CT molecular complexity index is 657. The molecule has 0 aliphatic carbocycles. The standard InChI is InChI=1S/C15H20N4O2/c1-10(9-21-3)19(2)14-11-6-4-5-7-13(11)17-8-12(14)15(16)18-20/h4-8,10,20H,9H2,1-3H3,(H2,16,18). The predicted molar refractivity (Wildman–Crippen MR) is 84.0 cm³/mol. The molecule has 0 saturated heterocycles. The molecule has 6 nitrogen and oxygen atoms in total. The van der Waals surface area contributed by atoms with Gasteiger partial charge in [0.15, 0.2) is 5.84 Å². The summed E-state index contributed by atoms with van der Waals surface area (Å²) in [6.45, 7) is 2.62. The molecule has 6 heteroatoms. The van der Waals surface area contributed by atoms with Crippen LogP contribution in [0.3, 0.4) is 0 Å². The largest absolute Gasteiger partial charge is 0.409 e. The van der Waals surface area contributed by atoms with Gasteiger partial charge >= 0.3 is 0 Å². The second kappa shape index (κ2) is 6.41. The molecule has 2 aromatic rings. The van der Waals surface area contributed by atoms with E-state index in [4.69, 9.17) is 15.7 Å². The highest BCUT2D eigenvalue weighted by Crippen LogP contribution is 2.30. The van der Waals surface area contributed by atoms with Gasteiger partial charge in [0.25, 0.3) is 0 Å². The summed E-state index contributed by atoms with van der Waals surface area (Å²) in [6, 6.07) is 7.91. The van der Waals surface area contributed by atoms with E-state index < -0.39 is 0 Å². The number of para-hydroxylation sites is 1. The fraction of sp³-hybridized carbons (Fsp3) is 0.333. The van der Waals surface area contributed by atoms with E-state index in [2.05, 4.69) is 22.0 Å². The van der Waals surface area contributed by atoms with Gasteiger partial charge in [-0.15, -0.1) is 0 Å². The number of nitrogens with zero attached hydrogens (tertiary/aromatic N) is 3. The number of anilines is 1. The Hall–Kier alpha value is -2.34. The smallest absolute Gasteiger partial charge is 0.173 e. The summed E-state index contributed by atoms with van der Waals surface area (Å²) in [4.78, 5) is 6.43. The Kier molecular flexibility index (Phi) is 4.59. The number of nitrogens with two attached hydrogens (primary N) is 1. The van der Waals surface area contributed by atoms with E-state index in [1.165, 1.54) is 0 Å². The van der Waals surface area contributed by atoms with Gasteiger partial charge in [0.05, 0.1) is 23.4 Å². The third kappa shape index (κ3) is 2.90. The summed E-state index contributed by atoms with van der Waals surface area (Å²) in [5, 5.41) is 13.1. The molecule has 1 heterocycles. The Morgan fingerprint density at radius 1 is 1.48 bits per heavy atom. The summed E-state index contributed by atoms with van der Waals surface area (Å²) >= 11 is 0. The summed E-state index contributed by atoms with van der Waals surface area (Å²) in [5.74, 6) is 0.0414. The molecule has 0 fully saturated rings. The Balaban J connectivity index is 2.66. The Morgan fingerprint density at radius 2 is 2.19 bits per heavy atom. The number of ether oxygens (including phenoxy) is 1. The number of aromatic nitrogens is 1. The summed E-state index contributed by atoms with van der Waals surface area (Å²) in [7, 11) is 3.62. The van der Waals surface area contributed by atoms with Crippen molar-refractivity contribution in [1.82, 2.24) is 4.98 Å². The normalized spacial score (nSPS) is 13.4. The highest BCUT2D eigenvalue weighted by Gasteiger charge is 2.19. The molecule has 112 valence electrons. The molecule has 3 N–H and O–H groups in total. The third-order valence-corrected chi connectivity index (χ3v) is 3.55. The molecule has 0 aliphatic heterocycles. The molecule has 0 aliphatic rings. The fourth-order valence-electron chi connectivity index (χ4n) is 2.32. The minimum Gasteiger partial charge on any atom is -0.409 e. The molecule has 0 saturated carbocycles. The molecule has 0 bridgehead atoms. The van der Waals surface area contributed by atoms with E-state index in [-0.39, 0.29) is 11.9 Å². The van der Waals surface area contributed by atoms with Gasteiger partial charge in [-0.1, -0.05) is 23.4 Å². The van der Waals surface area contributed by atoms with Crippen LogP contribution in [0.15, 0.2) is 35.6 Å². The molecule has 0 radical (unpaired) electrons. The van der Waals surface area contributed by atoms with Gasteiger partial charge in [-0.3, -0.25) is 4.98 Å². The SMILES string of the molecule is COCC(C)N(C)c1c(C(N)=NO)cnc2ccccc12. The van der Waals surface area contributed by atoms with Crippen molar-refractivity contribution in [3.8, 4) is 0 Å². The highest BCUT2D eigenvalue weighted by molar-refractivity contribution is 6.08. The van der Waals surface area contributed by atoms with Gasteiger partial charge in [-0.05, 0) is 13.0 Å². The van der Waals surface area contributed by atoms with Crippen molar-refractivity contribution in [3.05, 3.63) is 36.0 Å². The number of hydrogen-bond acceptors (Lipinski definition) is 5. The first-order valence-electron chi connectivity index (χ1n) is 6.67. The van der Waals surface area contributed by atoms with E-state index in [9.17, 15) is 0 Å². The van der Waals surface area contributed by atoms with Crippen molar-refractivity contribution in [2.45, 2.75) is 13.0 Å². The van der Waals surface area contributed by atoms with Crippen molar-refractivity contribution in [2.75, 3.05) is 25.7 Å². The van der Waals surface area contributed by atoms with Gasteiger partial charge in [-0.2, -0.15) is 0 Å². The van der Waals surface area contributed by atoms with Crippen LogP contribution >= 0.6 is 0 Å². The lowest BCUT2D eigenvalue weighted by atomic mass is 10.1. The first kappa shape index (κ1) is 15.1. The number of methoxy groups -OCH3 is 1. The van der Waals surface area contributed by atoms with Crippen molar-refractivity contribution in [1.29, 1.82) is 0 Å². The first-order chi connectivity index (χ1) is 10.1. The number of pyridine rings is 1. The maximum atomic E-state index is 9.00. The molecular weight excluding hydrogens is 268 g/mol. The second-order valence-electron chi connectivity index (χ2n) is 4.94. The molecule has 21 heavy (non-hydrogen) atoms. The summed E-state index contributed by atoms with van der Waals surface area (Å²) in [5.41, 5.74) is 8.13. The minimum absolute atomic E-state index is 0.0414. The van der Waals surface area contributed by atoms with E-state index >= 15 is 0 Å². The van der Waals surface area contributed by atoms with Crippen LogP contribution in [-0.2, 0) is 4.74 Å². The first-order valence-corrected chi connectivity index (χ1v) is 6.67. The number of rotatable bonds is 5. The zero-order chi connectivity index (χ0) is 15.4. The van der Waals surface area contributed by atoms with Crippen LogP contribution in [0.2, 0.25) is 0 Å². The number of likely N-dealkylation sites (N-methyl/N-ethyl adjacent to an activating group) is 1. The van der Waals surface area contributed by atoms with Crippen LogP contribution in [0.5, 0.6) is 0 Å². The molecule has 1 aromatic carbocycles. The zero-order valence-electron chi connectivity index (χ0n) is 12.4. The predicted octanol–water partition coefficient (Wildman–Crippen LogP) is 1.80. The van der Waals surface area contributed by atoms with Crippen LogP contribution in [0.25, 0.3) is 10.9 Å². The highest BCUT2D eigenvalue weighted by atomic mass is 16.5. The van der Waals surface area contributed by atoms with Crippen LogP contribution < -0.4 is 10.6 Å². The molecule has 1 atom stereocenters. The van der Waals surface area contributed by atoms with Gasteiger partial charge in [0.1, 0.15) is 0 Å². The zero-order valence-corrected chi connectivity index (χ0v) is 12.4. The maximum Gasteiger partial charge on any atom is 0.173 e. The van der Waals surface area contributed by atoms with Crippen molar-refractivity contribution < 1.29 is 9.94 Å². The fourth-order valence-corrected chi connectivity index (χ4v) is 2.32. The van der Waals surface area contributed by atoms with Gasteiger partial charge in [0, 0.05) is 31.8 Å². The Morgan fingerprint density at radius 3 is 2.86 bits per heavy atom. The van der Waals surface area contributed by atoms with Crippen LogP contribution in [0.1, 0.15) is 12.5 Å². The average molecular weight is 288 g/mol. The molecular formula is C15H20N4O2. The van der Waals surface area contributed by atoms with Crippen molar-refractivity contribution >= 4 is 22.4 Å². The van der Waals surface area contributed by atoms with Gasteiger partial charge < -0.3 is 20.6 Å². The van der Waals surface area contributed by atoms with Crippen LogP contribution in [0, 0.1) is 0 Å². The Labute approximate surface area is 123 Å². The van der Waals surface area contributed by atoms with Crippen LogP contribution in [0.4, 0.5) is 5.69 Å². The summed E-state index contributed by atoms with van der Waals surface area (Å²) in [6.07, 6.45) is 1.63. The topological polar surface area (TPSA) is 84.0 Å². The maximum absolute atomic E-state index is 9.00. The second-order valence-corrected chi connectivity index (χ2v) is 4.94. The quantitative estimate of drug-likeness (QED) is 0.379. The number of benzene rings is 1. The van der Waals surface area contributed by atoms with Gasteiger partial charge in [-0.25, -0.2) is 0 Å². The lowest BCUT2D eigenvalue weighted by Gasteiger charge is -2.29. The van der Waals surface area contributed by atoms with E-state index in [1.54, 1.807) is 13.3 Å². The minimum atomic E-state index is 0.0414. The molecule has 0 spiro atoms.